The summed E-state index contributed by atoms with van der Waals surface area (Å²) in [6, 6.07) is 6.68. The Morgan fingerprint density at radius 1 is 1.07 bits per heavy atom. The summed E-state index contributed by atoms with van der Waals surface area (Å²) in [5, 5.41) is 0. The van der Waals surface area contributed by atoms with E-state index in [0.717, 1.165) is 81.7 Å². The highest BCUT2D eigenvalue weighted by atomic mass is 16.5. The van der Waals surface area contributed by atoms with E-state index in [1.165, 1.54) is 0 Å². The Labute approximate surface area is 180 Å². The van der Waals surface area contributed by atoms with Gasteiger partial charge in [-0.2, -0.15) is 0 Å². The van der Waals surface area contributed by atoms with Crippen molar-refractivity contribution in [3.8, 4) is 11.4 Å². The van der Waals surface area contributed by atoms with E-state index in [0.29, 0.717) is 12.1 Å². The number of hydrogen-bond donors (Lipinski definition) is 0. The third-order valence-corrected chi connectivity index (χ3v) is 6.13. The van der Waals surface area contributed by atoms with Gasteiger partial charge in [0.1, 0.15) is 5.82 Å². The van der Waals surface area contributed by atoms with Gasteiger partial charge in [-0.1, -0.05) is 6.92 Å². The van der Waals surface area contributed by atoms with E-state index >= 15 is 0 Å². The van der Waals surface area contributed by atoms with Crippen molar-refractivity contribution in [2.75, 3.05) is 57.3 Å². The van der Waals surface area contributed by atoms with Gasteiger partial charge < -0.3 is 9.64 Å². The van der Waals surface area contributed by atoms with E-state index < -0.39 is 0 Å². The molecule has 0 radical (unpaired) electrons. The van der Waals surface area contributed by atoms with Crippen LogP contribution in [0, 0.1) is 0 Å². The molecule has 0 N–H and O–H groups in total. The fraction of sp³-hybridized carbons (Fsp3) is 0.609. The lowest BCUT2D eigenvalue weighted by Crippen LogP contribution is -2.53. The zero-order valence-corrected chi connectivity index (χ0v) is 18.5. The first-order chi connectivity index (χ1) is 14.6. The topological polar surface area (TPSA) is 57.6 Å². The van der Waals surface area contributed by atoms with E-state index in [1.807, 2.05) is 12.1 Å². The molecule has 2 saturated heterocycles. The predicted molar refractivity (Wildman–Crippen MR) is 120 cm³/mol. The molecule has 0 saturated carbocycles. The molecule has 2 aromatic rings. The third-order valence-electron chi connectivity index (χ3n) is 6.13. The van der Waals surface area contributed by atoms with Gasteiger partial charge in [-0.25, -0.2) is 9.97 Å². The van der Waals surface area contributed by atoms with Crippen LogP contribution in [0.15, 0.2) is 30.6 Å². The van der Waals surface area contributed by atoms with Crippen molar-refractivity contribution in [3.05, 3.63) is 36.3 Å². The first kappa shape index (κ1) is 21.2. The van der Waals surface area contributed by atoms with Crippen LogP contribution in [0.2, 0.25) is 0 Å². The molecule has 1 unspecified atom stereocenters. The molecule has 7 nitrogen and oxygen atoms in total. The van der Waals surface area contributed by atoms with Crippen molar-refractivity contribution in [3.63, 3.8) is 0 Å². The molecular formula is C23H34N6O. The molecule has 4 rings (SSSR count). The Balaban J connectivity index is 1.38. The van der Waals surface area contributed by atoms with Crippen LogP contribution < -0.4 is 4.90 Å². The number of nitrogens with zero attached hydrogens (tertiary/aromatic N) is 6. The van der Waals surface area contributed by atoms with Gasteiger partial charge >= 0.3 is 0 Å². The largest absolute Gasteiger partial charge is 0.374 e. The Morgan fingerprint density at radius 3 is 2.53 bits per heavy atom. The van der Waals surface area contributed by atoms with Gasteiger partial charge in [-0.05, 0) is 32.4 Å². The van der Waals surface area contributed by atoms with Crippen molar-refractivity contribution < 1.29 is 4.74 Å². The number of aryl methyl sites for hydroxylation is 1. The molecule has 7 heteroatoms. The number of piperazine rings is 1. The van der Waals surface area contributed by atoms with E-state index in [4.69, 9.17) is 14.7 Å². The predicted octanol–water partition coefficient (Wildman–Crippen LogP) is 2.33. The van der Waals surface area contributed by atoms with Crippen LogP contribution in [0.4, 0.5) is 5.82 Å². The summed E-state index contributed by atoms with van der Waals surface area (Å²) in [6.45, 7) is 14.7. The van der Waals surface area contributed by atoms with Crippen molar-refractivity contribution in [1.29, 1.82) is 0 Å². The molecule has 2 fully saturated rings. The molecule has 2 aliphatic rings. The van der Waals surface area contributed by atoms with Crippen LogP contribution in [0.3, 0.4) is 0 Å². The SMILES string of the molecule is CCc1cc(N2CCN(CC3CN(C(C)C)CCO3)CC2)nc(-c2ccncc2)n1. The summed E-state index contributed by atoms with van der Waals surface area (Å²) in [4.78, 5) is 21.2. The molecule has 0 aromatic carbocycles. The normalized spacial score (nSPS) is 21.3. The molecule has 0 amide bonds. The molecule has 1 atom stereocenters. The summed E-state index contributed by atoms with van der Waals surface area (Å²) in [6.07, 6.45) is 4.81. The fourth-order valence-electron chi connectivity index (χ4n) is 4.23. The van der Waals surface area contributed by atoms with Gasteiger partial charge in [0.05, 0.1) is 12.7 Å². The second-order valence-electron chi connectivity index (χ2n) is 8.50. The summed E-state index contributed by atoms with van der Waals surface area (Å²) < 4.78 is 6.04. The minimum absolute atomic E-state index is 0.316. The molecular weight excluding hydrogens is 376 g/mol. The number of ether oxygens (including phenoxy) is 1. The van der Waals surface area contributed by atoms with Crippen LogP contribution in [0.1, 0.15) is 26.5 Å². The second kappa shape index (κ2) is 9.81. The Morgan fingerprint density at radius 2 is 1.83 bits per heavy atom. The Bertz CT molecular complexity index is 807. The van der Waals surface area contributed by atoms with Gasteiger partial charge in [0.2, 0.25) is 0 Å². The quantitative estimate of drug-likeness (QED) is 0.724. The van der Waals surface area contributed by atoms with Crippen LogP contribution in [-0.2, 0) is 11.2 Å². The van der Waals surface area contributed by atoms with Crippen LogP contribution in [-0.4, -0.2) is 89.3 Å². The van der Waals surface area contributed by atoms with Gasteiger partial charge in [-0.3, -0.25) is 14.8 Å². The molecule has 30 heavy (non-hydrogen) atoms. The van der Waals surface area contributed by atoms with Gasteiger partial charge in [0, 0.05) is 81.6 Å². The number of aromatic nitrogens is 3. The number of pyridine rings is 1. The monoisotopic (exact) mass is 410 g/mol. The molecule has 0 bridgehead atoms. The average Bonchev–Trinajstić information content (AvgIpc) is 2.80. The van der Waals surface area contributed by atoms with Gasteiger partial charge in [-0.15, -0.1) is 0 Å². The molecule has 2 aromatic heterocycles. The van der Waals surface area contributed by atoms with Crippen molar-refractivity contribution in [2.45, 2.75) is 39.3 Å². The maximum Gasteiger partial charge on any atom is 0.161 e. The minimum atomic E-state index is 0.316. The van der Waals surface area contributed by atoms with Gasteiger partial charge in [0.25, 0.3) is 0 Å². The highest BCUT2D eigenvalue weighted by Gasteiger charge is 2.26. The highest BCUT2D eigenvalue weighted by Crippen LogP contribution is 2.21. The summed E-state index contributed by atoms with van der Waals surface area (Å²) in [5.41, 5.74) is 2.10. The maximum absolute atomic E-state index is 6.04. The first-order valence-corrected chi connectivity index (χ1v) is 11.2. The zero-order valence-electron chi connectivity index (χ0n) is 18.5. The second-order valence-corrected chi connectivity index (χ2v) is 8.50. The molecule has 0 spiro atoms. The van der Waals surface area contributed by atoms with Crippen molar-refractivity contribution >= 4 is 5.82 Å². The van der Waals surface area contributed by atoms with Crippen LogP contribution >= 0.6 is 0 Å². The first-order valence-electron chi connectivity index (χ1n) is 11.2. The standard InChI is InChI=1S/C23H34N6O/c1-4-20-15-22(26-23(25-20)19-5-7-24-8-6-19)28-11-9-27(10-12-28)16-21-17-29(18(2)3)13-14-30-21/h5-8,15,18,21H,4,9-14,16-17H2,1-3H3. The summed E-state index contributed by atoms with van der Waals surface area (Å²) >= 11 is 0. The number of morpholine rings is 1. The third kappa shape index (κ3) is 5.14. The lowest BCUT2D eigenvalue weighted by atomic mass is 10.2. The fourth-order valence-corrected chi connectivity index (χ4v) is 4.23. The van der Waals surface area contributed by atoms with Crippen molar-refractivity contribution in [2.24, 2.45) is 0 Å². The van der Waals surface area contributed by atoms with E-state index in [9.17, 15) is 0 Å². The molecule has 4 heterocycles. The smallest absolute Gasteiger partial charge is 0.161 e. The average molecular weight is 411 g/mol. The molecule has 2 aliphatic heterocycles. The Hall–Kier alpha value is -2.09. The molecule has 162 valence electrons. The van der Waals surface area contributed by atoms with Gasteiger partial charge in [0.15, 0.2) is 5.82 Å². The number of anilines is 1. The van der Waals surface area contributed by atoms with Crippen molar-refractivity contribution in [1.82, 2.24) is 24.8 Å². The number of rotatable bonds is 6. The minimum Gasteiger partial charge on any atom is -0.374 e. The molecule has 0 aliphatic carbocycles. The maximum atomic E-state index is 6.04. The van der Waals surface area contributed by atoms with E-state index in [2.05, 4.69) is 46.5 Å². The van der Waals surface area contributed by atoms with Crippen LogP contribution in [0.5, 0.6) is 0 Å². The summed E-state index contributed by atoms with van der Waals surface area (Å²) in [5.74, 6) is 1.83. The lowest BCUT2D eigenvalue weighted by Gasteiger charge is -2.40. The van der Waals surface area contributed by atoms with E-state index in [1.54, 1.807) is 12.4 Å². The number of hydrogen-bond acceptors (Lipinski definition) is 7. The zero-order chi connectivity index (χ0) is 20.9. The Kier molecular flexibility index (Phi) is 6.92. The van der Waals surface area contributed by atoms with E-state index in [-0.39, 0.29) is 0 Å². The lowest BCUT2D eigenvalue weighted by molar-refractivity contribution is -0.0525. The summed E-state index contributed by atoms with van der Waals surface area (Å²) in [7, 11) is 0. The van der Waals surface area contributed by atoms with Crippen LogP contribution in [0.25, 0.3) is 11.4 Å². The highest BCUT2D eigenvalue weighted by molar-refractivity contribution is 5.57.